The first kappa shape index (κ1) is 13.5. The van der Waals surface area contributed by atoms with Gasteiger partial charge in [-0.1, -0.05) is 6.92 Å². The minimum Gasteiger partial charge on any atom is -0.353 e. The van der Waals surface area contributed by atoms with Gasteiger partial charge in [-0.05, 0) is 45.1 Å². The molecule has 0 aromatic rings. The predicted molar refractivity (Wildman–Crippen MR) is 65.8 cm³/mol. The zero-order valence-corrected chi connectivity index (χ0v) is 10.2. The van der Waals surface area contributed by atoms with Gasteiger partial charge in [0.15, 0.2) is 0 Å². The summed E-state index contributed by atoms with van der Waals surface area (Å²) in [6.07, 6.45) is 5.91. The molecule has 0 aromatic carbocycles. The van der Waals surface area contributed by atoms with E-state index in [-0.39, 0.29) is 11.8 Å². The molecule has 0 saturated heterocycles. The number of nitrogens with one attached hydrogen (secondary N) is 1. The fraction of sp³-hybridized carbons (Fsp3) is 0.917. The Morgan fingerprint density at radius 3 is 2.56 bits per heavy atom. The molecular formula is C12H25N3O. The molecular weight excluding hydrogens is 202 g/mol. The molecule has 4 nitrogen and oxygen atoms in total. The minimum atomic E-state index is 0.0825. The van der Waals surface area contributed by atoms with Crippen LogP contribution in [0.4, 0.5) is 0 Å². The van der Waals surface area contributed by atoms with E-state index in [1.165, 1.54) is 0 Å². The molecule has 1 aliphatic carbocycles. The standard InChI is InChI=1S/C12H25N3O/c1-9(3-2-8-13)12(16)15-11-6-4-10(14)5-7-11/h9-11H,2-8,13-14H2,1H3,(H,15,16). The van der Waals surface area contributed by atoms with Crippen molar-refractivity contribution in [3.63, 3.8) is 0 Å². The fourth-order valence-electron chi connectivity index (χ4n) is 2.16. The summed E-state index contributed by atoms with van der Waals surface area (Å²) in [5, 5.41) is 3.11. The highest BCUT2D eigenvalue weighted by Crippen LogP contribution is 2.17. The average molecular weight is 227 g/mol. The van der Waals surface area contributed by atoms with E-state index < -0.39 is 0 Å². The number of carbonyl (C=O) groups is 1. The van der Waals surface area contributed by atoms with Crippen LogP contribution in [-0.2, 0) is 4.79 Å². The summed E-state index contributed by atoms with van der Waals surface area (Å²) in [4.78, 5) is 11.8. The molecule has 4 heteroatoms. The van der Waals surface area contributed by atoms with Crippen LogP contribution in [0.2, 0.25) is 0 Å². The smallest absolute Gasteiger partial charge is 0.223 e. The molecule has 5 N–H and O–H groups in total. The summed E-state index contributed by atoms with van der Waals surface area (Å²) < 4.78 is 0. The quantitative estimate of drug-likeness (QED) is 0.648. The predicted octanol–water partition coefficient (Wildman–Crippen LogP) is 0.748. The van der Waals surface area contributed by atoms with E-state index in [2.05, 4.69) is 5.32 Å². The molecule has 0 heterocycles. The Morgan fingerprint density at radius 1 is 1.38 bits per heavy atom. The van der Waals surface area contributed by atoms with Gasteiger partial charge < -0.3 is 16.8 Å². The van der Waals surface area contributed by atoms with Crippen LogP contribution in [-0.4, -0.2) is 24.5 Å². The van der Waals surface area contributed by atoms with Gasteiger partial charge in [-0.15, -0.1) is 0 Å². The van der Waals surface area contributed by atoms with E-state index in [1.807, 2.05) is 6.92 Å². The summed E-state index contributed by atoms with van der Waals surface area (Å²) in [5.41, 5.74) is 11.3. The van der Waals surface area contributed by atoms with E-state index in [9.17, 15) is 4.79 Å². The minimum absolute atomic E-state index is 0.0825. The van der Waals surface area contributed by atoms with Crippen LogP contribution >= 0.6 is 0 Å². The van der Waals surface area contributed by atoms with Crippen molar-refractivity contribution < 1.29 is 4.79 Å². The number of hydrogen-bond acceptors (Lipinski definition) is 3. The van der Waals surface area contributed by atoms with E-state index in [1.54, 1.807) is 0 Å². The van der Waals surface area contributed by atoms with Crippen LogP contribution < -0.4 is 16.8 Å². The van der Waals surface area contributed by atoms with Crippen LogP contribution in [0, 0.1) is 5.92 Å². The van der Waals surface area contributed by atoms with Gasteiger partial charge in [0.05, 0.1) is 0 Å². The summed E-state index contributed by atoms with van der Waals surface area (Å²) in [5.74, 6) is 0.257. The largest absolute Gasteiger partial charge is 0.353 e. The maximum atomic E-state index is 11.8. The molecule has 1 atom stereocenters. The first-order chi connectivity index (χ1) is 7.63. The zero-order chi connectivity index (χ0) is 12.0. The third-order valence-electron chi connectivity index (χ3n) is 3.41. The monoisotopic (exact) mass is 227 g/mol. The normalized spacial score (nSPS) is 27.4. The van der Waals surface area contributed by atoms with Gasteiger partial charge in [-0.2, -0.15) is 0 Å². The Morgan fingerprint density at radius 2 is 2.00 bits per heavy atom. The lowest BCUT2D eigenvalue weighted by Gasteiger charge is -2.27. The first-order valence-electron chi connectivity index (χ1n) is 6.39. The first-order valence-corrected chi connectivity index (χ1v) is 6.39. The van der Waals surface area contributed by atoms with E-state index >= 15 is 0 Å². The Bertz CT molecular complexity index is 212. The van der Waals surface area contributed by atoms with Crippen molar-refractivity contribution in [1.82, 2.24) is 5.32 Å². The van der Waals surface area contributed by atoms with E-state index in [4.69, 9.17) is 11.5 Å². The van der Waals surface area contributed by atoms with Gasteiger partial charge >= 0.3 is 0 Å². The van der Waals surface area contributed by atoms with Crippen molar-refractivity contribution >= 4 is 5.91 Å². The molecule has 0 aliphatic heterocycles. The SMILES string of the molecule is CC(CCCN)C(=O)NC1CCC(N)CC1. The second-order valence-corrected chi connectivity index (χ2v) is 4.95. The van der Waals surface area contributed by atoms with Crippen molar-refractivity contribution in [3.05, 3.63) is 0 Å². The van der Waals surface area contributed by atoms with Crippen molar-refractivity contribution in [2.24, 2.45) is 17.4 Å². The number of hydrogen-bond donors (Lipinski definition) is 3. The van der Waals surface area contributed by atoms with E-state index in [0.29, 0.717) is 18.6 Å². The maximum Gasteiger partial charge on any atom is 0.223 e. The van der Waals surface area contributed by atoms with Crippen LogP contribution in [0.25, 0.3) is 0 Å². The Balaban J connectivity index is 2.22. The molecule has 1 rings (SSSR count). The Hall–Kier alpha value is -0.610. The summed E-state index contributed by atoms with van der Waals surface area (Å²) in [6.45, 7) is 2.63. The highest BCUT2D eigenvalue weighted by atomic mass is 16.1. The van der Waals surface area contributed by atoms with Crippen LogP contribution in [0.5, 0.6) is 0 Å². The van der Waals surface area contributed by atoms with Crippen LogP contribution in [0.1, 0.15) is 45.4 Å². The number of carbonyl (C=O) groups excluding carboxylic acids is 1. The number of amides is 1. The van der Waals surface area contributed by atoms with Gasteiger partial charge in [0.1, 0.15) is 0 Å². The van der Waals surface area contributed by atoms with Crippen molar-refractivity contribution in [1.29, 1.82) is 0 Å². The third kappa shape index (κ3) is 4.49. The molecule has 94 valence electrons. The second-order valence-electron chi connectivity index (χ2n) is 4.95. The fourth-order valence-corrected chi connectivity index (χ4v) is 2.16. The topological polar surface area (TPSA) is 81.1 Å². The number of nitrogens with two attached hydrogens (primary N) is 2. The van der Waals surface area contributed by atoms with Gasteiger partial charge in [0, 0.05) is 18.0 Å². The molecule has 0 bridgehead atoms. The third-order valence-corrected chi connectivity index (χ3v) is 3.41. The maximum absolute atomic E-state index is 11.8. The van der Waals surface area contributed by atoms with E-state index in [0.717, 1.165) is 38.5 Å². The van der Waals surface area contributed by atoms with Gasteiger partial charge in [-0.3, -0.25) is 4.79 Å². The lowest BCUT2D eigenvalue weighted by Crippen LogP contribution is -2.42. The van der Waals surface area contributed by atoms with Crippen LogP contribution in [0.3, 0.4) is 0 Å². The molecule has 16 heavy (non-hydrogen) atoms. The van der Waals surface area contributed by atoms with Gasteiger partial charge in [0.2, 0.25) is 5.91 Å². The molecule has 1 saturated carbocycles. The number of rotatable bonds is 5. The Labute approximate surface area is 98.1 Å². The average Bonchev–Trinajstić information content (AvgIpc) is 2.29. The lowest BCUT2D eigenvalue weighted by atomic mass is 9.91. The van der Waals surface area contributed by atoms with Crippen LogP contribution in [0.15, 0.2) is 0 Å². The highest BCUT2D eigenvalue weighted by Gasteiger charge is 2.21. The molecule has 0 radical (unpaired) electrons. The molecule has 1 fully saturated rings. The molecule has 1 aliphatic rings. The lowest BCUT2D eigenvalue weighted by molar-refractivity contribution is -0.125. The molecule has 1 amide bonds. The summed E-state index contributed by atoms with van der Waals surface area (Å²) >= 11 is 0. The second kappa shape index (κ2) is 6.86. The summed E-state index contributed by atoms with van der Waals surface area (Å²) in [7, 11) is 0. The van der Waals surface area contributed by atoms with Gasteiger partial charge in [0.25, 0.3) is 0 Å². The zero-order valence-electron chi connectivity index (χ0n) is 10.2. The molecule has 1 unspecified atom stereocenters. The van der Waals surface area contributed by atoms with Gasteiger partial charge in [-0.25, -0.2) is 0 Å². The Kier molecular flexibility index (Phi) is 5.77. The molecule has 0 spiro atoms. The van der Waals surface area contributed by atoms with Crippen molar-refractivity contribution in [2.45, 2.75) is 57.5 Å². The van der Waals surface area contributed by atoms with Crippen molar-refractivity contribution in [3.8, 4) is 0 Å². The molecule has 0 aromatic heterocycles. The summed E-state index contributed by atoms with van der Waals surface area (Å²) in [6, 6.07) is 0.676. The van der Waals surface area contributed by atoms with Crippen molar-refractivity contribution in [2.75, 3.05) is 6.54 Å². The highest BCUT2D eigenvalue weighted by molar-refractivity contribution is 5.78.